The molecule has 0 spiro atoms. The third-order valence-corrected chi connectivity index (χ3v) is 4.43. The molecule has 136 valence electrons. The second-order valence-electron chi connectivity index (χ2n) is 5.23. The fraction of sp³-hybridized carbons (Fsp3) is 0.176. The van der Waals surface area contributed by atoms with Crippen LogP contribution in [0, 0.1) is 0 Å². The van der Waals surface area contributed by atoms with Crippen molar-refractivity contribution in [2.45, 2.75) is 0 Å². The maximum Gasteiger partial charge on any atom is 0.338 e. The summed E-state index contributed by atoms with van der Waals surface area (Å²) in [6, 6.07) is 7.46. The Bertz CT molecular complexity index is 872. The lowest BCUT2D eigenvalue weighted by molar-refractivity contribution is -0.119. The number of halogens is 3. The predicted molar refractivity (Wildman–Crippen MR) is 97.8 cm³/mol. The van der Waals surface area contributed by atoms with Crippen LogP contribution < -0.4 is 14.8 Å². The standard InChI is InChI=1S/C17H12Cl3NO5/c18-10-6-12(20)13(7-11(10)19)21-16(22)8-26-17(23)9-1-2-14-15(5-9)25-4-3-24-14/h1-2,5-7H,3-4,8H2,(H,21,22). The van der Waals surface area contributed by atoms with Crippen LogP contribution in [-0.2, 0) is 9.53 Å². The van der Waals surface area contributed by atoms with Gasteiger partial charge in [0.25, 0.3) is 5.91 Å². The van der Waals surface area contributed by atoms with Crippen LogP contribution in [0.15, 0.2) is 30.3 Å². The highest BCUT2D eigenvalue weighted by Gasteiger charge is 2.17. The van der Waals surface area contributed by atoms with Crippen molar-refractivity contribution in [3.05, 3.63) is 51.0 Å². The fourth-order valence-electron chi connectivity index (χ4n) is 2.19. The Morgan fingerprint density at radius 1 is 0.962 bits per heavy atom. The van der Waals surface area contributed by atoms with E-state index in [1.807, 2.05) is 0 Å². The van der Waals surface area contributed by atoms with Gasteiger partial charge in [-0.2, -0.15) is 0 Å². The van der Waals surface area contributed by atoms with Crippen LogP contribution in [0.2, 0.25) is 15.1 Å². The molecule has 0 saturated heterocycles. The molecule has 1 aliphatic heterocycles. The molecule has 0 bridgehead atoms. The molecule has 2 aromatic rings. The van der Waals surface area contributed by atoms with Crippen molar-refractivity contribution in [2.75, 3.05) is 25.1 Å². The van der Waals surface area contributed by atoms with Crippen molar-refractivity contribution in [1.82, 2.24) is 0 Å². The Morgan fingerprint density at radius 3 is 2.42 bits per heavy atom. The van der Waals surface area contributed by atoms with E-state index in [4.69, 9.17) is 49.0 Å². The first-order valence-electron chi connectivity index (χ1n) is 7.45. The number of nitrogens with one attached hydrogen (secondary N) is 1. The largest absolute Gasteiger partial charge is 0.486 e. The van der Waals surface area contributed by atoms with Crippen molar-refractivity contribution < 1.29 is 23.8 Å². The Balaban J connectivity index is 1.59. The quantitative estimate of drug-likeness (QED) is 0.597. The molecule has 0 unspecified atom stereocenters. The van der Waals surface area contributed by atoms with Gasteiger partial charge in [0.2, 0.25) is 0 Å². The molecule has 9 heteroatoms. The number of rotatable bonds is 4. The molecule has 2 aromatic carbocycles. The zero-order valence-electron chi connectivity index (χ0n) is 13.2. The monoisotopic (exact) mass is 415 g/mol. The van der Waals surface area contributed by atoms with E-state index < -0.39 is 18.5 Å². The zero-order valence-corrected chi connectivity index (χ0v) is 15.5. The minimum atomic E-state index is -0.669. The maximum absolute atomic E-state index is 12.1. The van der Waals surface area contributed by atoms with Crippen molar-refractivity contribution >= 4 is 52.4 Å². The highest BCUT2D eigenvalue weighted by atomic mass is 35.5. The van der Waals surface area contributed by atoms with Crippen LogP contribution in [0.25, 0.3) is 0 Å². The van der Waals surface area contributed by atoms with E-state index in [0.717, 1.165) is 0 Å². The molecule has 0 aliphatic carbocycles. The summed E-state index contributed by atoms with van der Waals surface area (Å²) >= 11 is 17.7. The summed E-state index contributed by atoms with van der Waals surface area (Å²) in [5.74, 6) is -0.230. The van der Waals surface area contributed by atoms with Crippen LogP contribution in [-0.4, -0.2) is 31.7 Å². The average Bonchev–Trinajstić information content (AvgIpc) is 2.63. The minimum Gasteiger partial charge on any atom is -0.486 e. The van der Waals surface area contributed by atoms with Crippen LogP contribution in [0.5, 0.6) is 11.5 Å². The smallest absolute Gasteiger partial charge is 0.338 e. The summed E-state index contributed by atoms with van der Waals surface area (Å²) in [6.07, 6.45) is 0. The summed E-state index contributed by atoms with van der Waals surface area (Å²) < 4.78 is 15.8. The summed E-state index contributed by atoms with van der Waals surface area (Å²) in [5.41, 5.74) is 0.510. The van der Waals surface area contributed by atoms with Gasteiger partial charge in [-0.1, -0.05) is 34.8 Å². The zero-order chi connectivity index (χ0) is 18.7. The molecular formula is C17H12Cl3NO5. The second-order valence-corrected chi connectivity index (χ2v) is 6.45. The van der Waals surface area contributed by atoms with Crippen LogP contribution >= 0.6 is 34.8 Å². The summed E-state index contributed by atoms with van der Waals surface area (Å²) in [4.78, 5) is 24.1. The molecule has 1 amide bonds. The molecule has 0 radical (unpaired) electrons. The highest BCUT2D eigenvalue weighted by Crippen LogP contribution is 2.32. The lowest BCUT2D eigenvalue weighted by Gasteiger charge is -2.18. The third-order valence-electron chi connectivity index (χ3n) is 3.40. The molecule has 1 heterocycles. The third kappa shape index (κ3) is 4.33. The highest BCUT2D eigenvalue weighted by molar-refractivity contribution is 6.44. The summed E-state index contributed by atoms with van der Waals surface area (Å²) in [7, 11) is 0. The Morgan fingerprint density at radius 2 is 1.65 bits per heavy atom. The number of esters is 1. The molecule has 26 heavy (non-hydrogen) atoms. The topological polar surface area (TPSA) is 73.9 Å². The normalized spacial score (nSPS) is 12.4. The van der Waals surface area contributed by atoms with Crippen LogP contribution in [0.4, 0.5) is 5.69 Å². The lowest BCUT2D eigenvalue weighted by Crippen LogP contribution is -2.21. The van der Waals surface area contributed by atoms with Gasteiger partial charge >= 0.3 is 5.97 Å². The van der Waals surface area contributed by atoms with Gasteiger partial charge in [0, 0.05) is 0 Å². The molecule has 3 rings (SSSR count). The Labute approximate surface area is 163 Å². The van der Waals surface area contributed by atoms with Gasteiger partial charge in [0.15, 0.2) is 18.1 Å². The molecule has 6 nitrogen and oxygen atoms in total. The number of fused-ring (bicyclic) bond motifs is 1. The predicted octanol–water partition coefficient (Wildman–Crippen LogP) is 4.21. The number of amides is 1. The molecule has 0 fully saturated rings. The second kappa shape index (κ2) is 8.03. The molecule has 1 N–H and O–H groups in total. The summed E-state index contributed by atoms with van der Waals surface area (Å²) in [5, 5.41) is 3.21. The van der Waals surface area contributed by atoms with Gasteiger partial charge in [0.05, 0.1) is 26.3 Å². The van der Waals surface area contributed by atoms with Crippen molar-refractivity contribution in [3.8, 4) is 11.5 Å². The summed E-state index contributed by atoms with van der Waals surface area (Å²) in [6.45, 7) is 0.358. The SMILES string of the molecule is O=C(COC(=O)c1ccc2c(c1)OCCO2)Nc1cc(Cl)c(Cl)cc1Cl. The van der Waals surface area contributed by atoms with E-state index in [1.165, 1.54) is 24.3 Å². The van der Waals surface area contributed by atoms with Gasteiger partial charge in [0.1, 0.15) is 13.2 Å². The molecule has 0 saturated carbocycles. The van der Waals surface area contributed by atoms with E-state index in [9.17, 15) is 9.59 Å². The fourth-order valence-corrected chi connectivity index (χ4v) is 2.78. The first kappa shape index (κ1) is 18.6. The first-order chi connectivity index (χ1) is 12.4. The van der Waals surface area contributed by atoms with E-state index >= 15 is 0 Å². The van der Waals surface area contributed by atoms with Gasteiger partial charge in [-0.15, -0.1) is 0 Å². The van der Waals surface area contributed by atoms with Crippen molar-refractivity contribution in [1.29, 1.82) is 0 Å². The van der Waals surface area contributed by atoms with Crippen molar-refractivity contribution in [2.24, 2.45) is 0 Å². The van der Waals surface area contributed by atoms with Gasteiger partial charge < -0.3 is 19.5 Å². The Hall–Kier alpha value is -2.15. The first-order valence-corrected chi connectivity index (χ1v) is 8.58. The van der Waals surface area contributed by atoms with E-state index in [-0.39, 0.29) is 26.3 Å². The number of carbonyl (C=O) groups excluding carboxylic acids is 2. The maximum atomic E-state index is 12.1. The average molecular weight is 417 g/mol. The van der Waals surface area contributed by atoms with E-state index in [0.29, 0.717) is 24.7 Å². The van der Waals surface area contributed by atoms with Gasteiger partial charge in [-0.3, -0.25) is 4.79 Å². The van der Waals surface area contributed by atoms with E-state index in [2.05, 4.69) is 5.32 Å². The Kier molecular flexibility index (Phi) is 5.76. The number of anilines is 1. The number of hydrogen-bond donors (Lipinski definition) is 1. The van der Waals surface area contributed by atoms with Gasteiger partial charge in [-0.25, -0.2) is 4.79 Å². The molecule has 0 aromatic heterocycles. The number of hydrogen-bond acceptors (Lipinski definition) is 5. The van der Waals surface area contributed by atoms with Crippen LogP contribution in [0.3, 0.4) is 0 Å². The molecule has 0 atom stereocenters. The number of benzene rings is 2. The lowest BCUT2D eigenvalue weighted by atomic mass is 10.2. The minimum absolute atomic E-state index is 0.214. The molecule has 1 aliphatic rings. The van der Waals surface area contributed by atoms with E-state index in [1.54, 1.807) is 6.07 Å². The molecular weight excluding hydrogens is 405 g/mol. The number of ether oxygens (including phenoxy) is 3. The van der Waals surface area contributed by atoms with Gasteiger partial charge in [-0.05, 0) is 30.3 Å². The van der Waals surface area contributed by atoms with Crippen molar-refractivity contribution in [3.63, 3.8) is 0 Å². The van der Waals surface area contributed by atoms with Crippen LogP contribution in [0.1, 0.15) is 10.4 Å². The number of carbonyl (C=O) groups is 2.